The van der Waals surface area contributed by atoms with Crippen LogP contribution in [0.4, 0.5) is 5.82 Å². The van der Waals surface area contributed by atoms with Gasteiger partial charge in [-0.3, -0.25) is 0 Å². The number of aromatic nitrogens is 1. The standard InChI is InChI=1S/C11H16ClN3O/c1-16-9-3-5-15(7-9)11-10(12)8(6-13)2-4-14-11/h2,4,9H,3,5-7,13H2,1H3. The molecule has 0 aliphatic carbocycles. The Morgan fingerprint density at radius 2 is 2.50 bits per heavy atom. The number of methoxy groups -OCH3 is 1. The second-order valence-electron chi connectivity index (χ2n) is 3.90. The molecule has 1 aliphatic rings. The molecule has 1 aromatic rings. The highest BCUT2D eigenvalue weighted by atomic mass is 35.5. The summed E-state index contributed by atoms with van der Waals surface area (Å²) in [6, 6.07) is 1.86. The zero-order valence-corrected chi connectivity index (χ0v) is 10.1. The Morgan fingerprint density at radius 1 is 1.69 bits per heavy atom. The van der Waals surface area contributed by atoms with Gasteiger partial charge in [0.2, 0.25) is 0 Å². The van der Waals surface area contributed by atoms with Gasteiger partial charge in [0, 0.05) is 32.9 Å². The fraction of sp³-hybridized carbons (Fsp3) is 0.545. The molecule has 4 nitrogen and oxygen atoms in total. The number of halogens is 1. The van der Waals surface area contributed by atoms with Crippen LogP contribution in [0.2, 0.25) is 5.02 Å². The summed E-state index contributed by atoms with van der Waals surface area (Å²) in [6.07, 6.45) is 3.05. The molecular weight excluding hydrogens is 226 g/mol. The minimum absolute atomic E-state index is 0.277. The number of pyridine rings is 1. The van der Waals surface area contributed by atoms with Crippen molar-refractivity contribution in [3.63, 3.8) is 0 Å². The van der Waals surface area contributed by atoms with Crippen molar-refractivity contribution >= 4 is 17.4 Å². The van der Waals surface area contributed by atoms with Gasteiger partial charge in [-0.15, -0.1) is 0 Å². The maximum atomic E-state index is 6.25. The lowest BCUT2D eigenvalue weighted by molar-refractivity contribution is 0.121. The lowest BCUT2D eigenvalue weighted by Gasteiger charge is -2.19. The predicted octanol–water partition coefficient (Wildman–Crippen LogP) is 1.42. The van der Waals surface area contributed by atoms with Crippen molar-refractivity contribution in [3.05, 3.63) is 22.8 Å². The third-order valence-electron chi connectivity index (χ3n) is 2.95. The number of rotatable bonds is 3. The molecule has 1 saturated heterocycles. The molecular formula is C11H16ClN3O. The number of ether oxygens (including phenoxy) is 1. The minimum Gasteiger partial charge on any atom is -0.380 e. The van der Waals surface area contributed by atoms with Gasteiger partial charge in [0.05, 0.1) is 11.1 Å². The number of nitrogens with zero attached hydrogens (tertiary/aromatic N) is 2. The molecule has 0 aromatic carbocycles. The van der Waals surface area contributed by atoms with Gasteiger partial charge in [-0.25, -0.2) is 4.98 Å². The highest BCUT2D eigenvalue weighted by Crippen LogP contribution is 2.29. The van der Waals surface area contributed by atoms with E-state index in [1.807, 2.05) is 6.07 Å². The molecule has 5 heteroatoms. The second-order valence-corrected chi connectivity index (χ2v) is 4.28. The van der Waals surface area contributed by atoms with E-state index >= 15 is 0 Å². The molecule has 1 unspecified atom stereocenters. The van der Waals surface area contributed by atoms with E-state index < -0.39 is 0 Å². The minimum atomic E-state index is 0.277. The summed E-state index contributed by atoms with van der Waals surface area (Å²) in [5.74, 6) is 0.823. The first kappa shape index (κ1) is 11.6. The molecule has 1 atom stereocenters. The smallest absolute Gasteiger partial charge is 0.147 e. The van der Waals surface area contributed by atoms with Gasteiger partial charge in [0.1, 0.15) is 5.82 Å². The van der Waals surface area contributed by atoms with Crippen LogP contribution in [0.15, 0.2) is 12.3 Å². The van der Waals surface area contributed by atoms with Gasteiger partial charge >= 0.3 is 0 Å². The van der Waals surface area contributed by atoms with E-state index in [2.05, 4.69) is 9.88 Å². The van der Waals surface area contributed by atoms with Crippen LogP contribution in [0.3, 0.4) is 0 Å². The van der Waals surface area contributed by atoms with Crippen molar-refractivity contribution in [1.82, 2.24) is 4.98 Å². The molecule has 2 rings (SSSR count). The average molecular weight is 242 g/mol. The molecule has 1 aliphatic heterocycles. The summed E-state index contributed by atoms with van der Waals surface area (Å²) in [5, 5.41) is 0.668. The quantitative estimate of drug-likeness (QED) is 0.870. The van der Waals surface area contributed by atoms with E-state index in [-0.39, 0.29) is 6.10 Å². The molecule has 2 heterocycles. The van der Waals surface area contributed by atoms with E-state index in [4.69, 9.17) is 22.1 Å². The first-order chi connectivity index (χ1) is 7.76. The van der Waals surface area contributed by atoms with Crippen LogP contribution >= 0.6 is 11.6 Å². The van der Waals surface area contributed by atoms with Crippen molar-refractivity contribution in [3.8, 4) is 0 Å². The Balaban J connectivity index is 2.21. The predicted molar refractivity (Wildman–Crippen MR) is 64.8 cm³/mol. The average Bonchev–Trinajstić information content (AvgIpc) is 2.78. The van der Waals surface area contributed by atoms with Crippen LogP contribution in [-0.2, 0) is 11.3 Å². The molecule has 2 N–H and O–H groups in total. The Kier molecular flexibility index (Phi) is 3.63. The van der Waals surface area contributed by atoms with Crippen molar-refractivity contribution in [1.29, 1.82) is 0 Å². The fourth-order valence-electron chi connectivity index (χ4n) is 1.96. The van der Waals surface area contributed by atoms with Crippen LogP contribution in [0.5, 0.6) is 0 Å². The maximum Gasteiger partial charge on any atom is 0.147 e. The Hall–Kier alpha value is -0.840. The monoisotopic (exact) mass is 241 g/mol. The summed E-state index contributed by atoms with van der Waals surface area (Å²) in [6.45, 7) is 2.21. The molecule has 0 radical (unpaired) electrons. The zero-order chi connectivity index (χ0) is 11.5. The zero-order valence-electron chi connectivity index (χ0n) is 9.32. The lowest BCUT2D eigenvalue weighted by atomic mass is 10.2. The van der Waals surface area contributed by atoms with Gasteiger partial charge in [0.25, 0.3) is 0 Å². The van der Waals surface area contributed by atoms with E-state index in [9.17, 15) is 0 Å². The third-order valence-corrected chi connectivity index (χ3v) is 3.36. The number of nitrogens with two attached hydrogens (primary N) is 1. The van der Waals surface area contributed by atoms with Crippen LogP contribution in [0.1, 0.15) is 12.0 Å². The number of hydrogen-bond acceptors (Lipinski definition) is 4. The van der Waals surface area contributed by atoms with E-state index in [0.29, 0.717) is 11.6 Å². The molecule has 0 bridgehead atoms. The molecule has 0 saturated carbocycles. The Bertz CT molecular complexity index is 372. The third kappa shape index (κ3) is 2.14. The van der Waals surface area contributed by atoms with Crippen LogP contribution in [-0.4, -0.2) is 31.3 Å². The van der Waals surface area contributed by atoms with Gasteiger partial charge in [-0.05, 0) is 18.1 Å². The molecule has 1 fully saturated rings. The SMILES string of the molecule is COC1CCN(c2nccc(CN)c2Cl)C1. The number of anilines is 1. The number of hydrogen-bond donors (Lipinski definition) is 1. The van der Waals surface area contributed by atoms with Crippen molar-refractivity contribution in [2.45, 2.75) is 19.1 Å². The fourth-order valence-corrected chi connectivity index (χ4v) is 2.27. The van der Waals surface area contributed by atoms with Gasteiger partial charge in [-0.2, -0.15) is 0 Å². The van der Waals surface area contributed by atoms with Crippen LogP contribution < -0.4 is 10.6 Å². The molecule has 0 spiro atoms. The van der Waals surface area contributed by atoms with Crippen LogP contribution in [0, 0.1) is 0 Å². The van der Waals surface area contributed by atoms with Gasteiger partial charge < -0.3 is 15.4 Å². The Morgan fingerprint density at radius 3 is 3.12 bits per heavy atom. The summed E-state index contributed by atoms with van der Waals surface area (Å²) in [7, 11) is 1.74. The molecule has 0 amide bonds. The Labute approximate surface area is 100 Å². The summed E-state index contributed by atoms with van der Waals surface area (Å²) >= 11 is 6.25. The summed E-state index contributed by atoms with van der Waals surface area (Å²) in [4.78, 5) is 6.47. The molecule has 16 heavy (non-hydrogen) atoms. The molecule has 1 aromatic heterocycles. The van der Waals surface area contributed by atoms with Crippen LogP contribution in [0.25, 0.3) is 0 Å². The summed E-state index contributed by atoms with van der Waals surface area (Å²) < 4.78 is 5.32. The van der Waals surface area contributed by atoms with Crippen molar-refractivity contribution in [2.75, 3.05) is 25.1 Å². The first-order valence-corrected chi connectivity index (χ1v) is 5.75. The van der Waals surface area contributed by atoms with E-state index in [0.717, 1.165) is 30.9 Å². The van der Waals surface area contributed by atoms with E-state index in [1.54, 1.807) is 13.3 Å². The maximum absolute atomic E-state index is 6.25. The lowest BCUT2D eigenvalue weighted by Crippen LogP contribution is -2.23. The second kappa shape index (κ2) is 4.99. The summed E-state index contributed by atoms with van der Waals surface area (Å²) in [5.41, 5.74) is 6.55. The van der Waals surface area contributed by atoms with Gasteiger partial charge in [0.15, 0.2) is 0 Å². The largest absolute Gasteiger partial charge is 0.380 e. The van der Waals surface area contributed by atoms with Crippen molar-refractivity contribution in [2.24, 2.45) is 5.73 Å². The highest BCUT2D eigenvalue weighted by molar-refractivity contribution is 6.33. The molecule has 88 valence electrons. The topological polar surface area (TPSA) is 51.4 Å². The normalized spacial score (nSPS) is 20.4. The highest BCUT2D eigenvalue weighted by Gasteiger charge is 2.25. The van der Waals surface area contributed by atoms with Gasteiger partial charge in [-0.1, -0.05) is 11.6 Å². The van der Waals surface area contributed by atoms with Crippen molar-refractivity contribution < 1.29 is 4.74 Å². The van der Waals surface area contributed by atoms with E-state index in [1.165, 1.54) is 0 Å². The first-order valence-electron chi connectivity index (χ1n) is 5.37.